The third-order valence-electron chi connectivity index (χ3n) is 2.31. The molecule has 0 bridgehead atoms. The lowest BCUT2D eigenvalue weighted by atomic mass is 9.74. The van der Waals surface area contributed by atoms with E-state index in [0.717, 1.165) is 0 Å². The molecule has 1 rings (SSSR count). The van der Waals surface area contributed by atoms with Crippen LogP contribution in [0.1, 0.15) is 41.5 Å². The van der Waals surface area contributed by atoms with Crippen molar-refractivity contribution in [3.05, 3.63) is 29.0 Å². The smallest absolute Gasteiger partial charge is 0.00308 e. The molecule has 0 aromatic carbocycles. The van der Waals surface area contributed by atoms with E-state index in [1.54, 1.807) is 0 Å². The van der Waals surface area contributed by atoms with Gasteiger partial charge in [0, 0.05) is 5.57 Å². The van der Waals surface area contributed by atoms with Crippen molar-refractivity contribution >= 4 is 0 Å². The molecule has 0 heterocycles. The highest BCUT2D eigenvalue weighted by atomic mass is 14.3. The highest BCUT2D eigenvalue weighted by Gasteiger charge is 2.28. The highest BCUT2D eigenvalue weighted by molar-refractivity contribution is 5.45. The Bertz CT molecular complexity index is 294. The Kier molecular flexibility index (Phi) is 2.30. The van der Waals surface area contributed by atoms with Crippen molar-refractivity contribution in [1.29, 1.82) is 0 Å². The molecular weight excluding hydrogens is 156 g/mol. The summed E-state index contributed by atoms with van der Waals surface area (Å²) < 4.78 is 0. The van der Waals surface area contributed by atoms with E-state index in [0.29, 0.717) is 0 Å². The first kappa shape index (κ1) is 10.3. The van der Waals surface area contributed by atoms with Crippen molar-refractivity contribution in [2.45, 2.75) is 41.5 Å². The zero-order valence-electron chi connectivity index (χ0n) is 9.65. The predicted octanol–water partition coefficient (Wildman–Crippen LogP) is 4.10. The van der Waals surface area contributed by atoms with E-state index >= 15 is 0 Å². The molecule has 0 amide bonds. The molecule has 0 spiro atoms. The minimum Gasteiger partial charge on any atom is -0.116 e. The van der Waals surface area contributed by atoms with Crippen LogP contribution in [0.2, 0.25) is 0 Å². The summed E-state index contributed by atoms with van der Waals surface area (Å²) in [5.41, 5.74) is 6.60. The van der Waals surface area contributed by atoms with Crippen LogP contribution in [-0.4, -0.2) is 0 Å². The van der Waals surface area contributed by atoms with Crippen LogP contribution in [0.5, 0.6) is 0 Å². The Morgan fingerprint density at radius 1 is 0.923 bits per heavy atom. The van der Waals surface area contributed by atoms with E-state index in [-0.39, 0.29) is 10.8 Å². The van der Waals surface area contributed by atoms with Crippen molar-refractivity contribution in [1.82, 2.24) is 0 Å². The van der Waals surface area contributed by atoms with Crippen LogP contribution in [0.25, 0.3) is 0 Å². The molecule has 0 fully saturated rings. The molecule has 0 nitrogen and oxygen atoms in total. The average molecular weight is 176 g/mol. The Morgan fingerprint density at radius 3 is 1.77 bits per heavy atom. The quantitative estimate of drug-likeness (QED) is 0.487. The summed E-state index contributed by atoms with van der Waals surface area (Å²) in [6.45, 7) is 13.5. The van der Waals surface area contributed by atoms with Crippen LogP contribution in [0.3, 0.4) is 0 Å². The maximum absolute atomic E-state index is 3.35. The van der Waals surface area contributed by atoms with Crippen molar-refractivity contribution in [2.75, 3.05) is 0 Å². The monoisotopic (exact) mass is 176 g/mol. The normalized spacial score (nSPS) is 17.4. The number of hydrogen-bond donors (Lipinski definition) is 0. The van der Waals surface area contributed by atoms with E-state index < -0.39 is 0 Å². The second-order valence-corrected chi connectivity index (χ2v) is 5.77. The van der Waals surface area contributed by atoms with Gasteiger partial charge in [0.1, 0.15) is 0 Å². The molecule has 0 unspecified atom stereocenters. The van der Waals surface area contributed by atoms with Crippen LogP contribution in [0.4, 0.5) is 0 Å². The lowest BCUT2D eigenvalue weighted by molar-refractivity contribution is 0.449. The molecule has 0 N–H and O–H groups in total. The average Bonchev–Trinajstić information content (AvgIpc) is 2.27. The zero-order valence-corrected chi connectivity index (χ0v) is 9.65. The molecule has 1 aliphatic carbocycles. The lowest BCUT2D eigenvalue weighted by Gasteiger charge is -2.30. The Morgan fingerprint density at radius 2 is 1.46 bits per heavy atom. The molecule has 0 saturated heterocycles. The zero-order chi connectivity index (χ0) is 10.3. The fraction of sp³-hybridized carbons (Fsp3) is 0.615. The van der Waals surface area contributed by atoms with Gasteiger partial charge in [0.15, 0.2) is 0 Å². The topological polar surface area (TPSA) is 0 Å². The maximum atomic E-state index is 3.35. The number of rotatable bonds is 0. The van der Waals surface area contributed by atoms with E-state index in [1.807, 2.05) is 6.08 Å². The van der Waals surface area contributed by atoms with Gasteiger partial charge in [-0.2, -0.15) is 0 Å². The van der Waals surface area contributed by atoms with Crippen molar-refractivity contribution in [3.63, 3.8) is 0 Å². The molecule has 0 aromatic rings. The van der Waals surface area contributed by atoms with Crippen molar-refractivity contribution < 1.29 is 0 Å². The summed E-state index contributed by atoms with van der Waals surface area (Å²) in [6.07, 6.45) is 4.24. The van der Waals surface area contributed by atoms with Gasteiger partial charge in [-0.25, -0.2) is 0 Å². The third kappa shape index (κ3) is 2.14. The number of hydrogen-bond acceptors (Lipinski definition) is 0. The minimum atomic E-state index is 0.214. The van der Waals surface area contributed by atoms with Gasteiger partial charge in [0.25, 0.3) is 0 Å². The minimum absolute atomic E-state index is 0.214. The third-order valence-corrected chi connectivity index (χ3v) is 2.31. The second kappa shape index (κ2) is 2.89. The largest absolute Gasteiger partial charge is 0.116 e. The van der Waals surface area contributed by atoms with Crippen molar-refractivity contribution in [2.24, 2.45) is 10.8 Å². The first-order valence-electron chi connectivity index (χ1n) is 4.91. The van der Waals surface area contributed by atoms with Gasteiger partial charge in [-0.1, -0.05) is 41.5 Å². The molecule has 0 radical (unpaired) electrons. The molecule has 72 valence electrons. The summed E-state index contributed by atoms with van der Waals surface area (Å²) in [4.78, 5) is 0. The van der Waals surface area contributed by atoms with Crippen molar-refractivity contribution in [3.8, 4) is 0 Å². The molecule has 0 saturated carbocycles. The molecule has 0 aliphatic heterocycles. The maximum Gasteiger partial charge on any atom is 0.00308 e. The summed E-state index contributed by atoms with van der Waals surface area (Å²) in [5, 5.41) is 0. The Hall–Kier alpha value is -0.740. The Labute approximate surface area is 82.0 Å². The highest BCUT2D eigenvalue weighted by Crippen LogP contribution is 2.41. The van der Waals surface area contributed by atoms with Gasteiger partial charge in [0.2, 0.25) is 0 Å². The standard InChI is InChI=1S/C13H20/c1-12(2,3)10-8-7-9-11(10)13(4,5)6/h7-8H,1-6H3. The summed E-state index contributed by atoms with van der Waals surface area (Å²) in [5.74, 6) is 0. The number of allylic oxidation sites excluding steroid dienone is 3. The first-order valence-corrected chi connectivity index (χ1v) is 4.91. The second-order valence-electron chi connectivity index (χ2n) is 5.77. The van der Waals surface area contributed by atoms with Gasteiger partial charge in [-0.3, -0.25) is 0 Å². The van der Waals surface area contributed by atoms with Crippen LogP contribution in [-0.2, 0) is 0 Å². The van der Waals surface area contributed by atoms with E-state index in [9.17, 15) is 0 Å². The van der Waals surface area contributed by atoms with E-state index in [2.05, 4.69) is 53.3 Å². The van der Waals surface area contributed by atoms with Crippen LogP contribution < -0.4 is 0 Å². The van der Waals surface area contributed by atoms with Gasteiger partial charge >= 0.3 is 0 Å². The van der Waals surface area contributed by atoms with Gasteiger partial charge in [0.05, 0.1) is 0 Å². The van der Waals surface area contributed by atoms with Crippen LogP contribution >= 0.6 is 0 Å². The summed E-state index contributed by atoms with van der Waals surface area (Å²) in [7, 11) is 0. The Balaban J connectivity index is 3.05. The fourth-order valence-electron chi connectivity index (χ4n) is 1.61. The van der Waals surface area contributed by atoms with Crippen LogP contribution in [0, 0.1) is 10.8 Å². The van der Waals surface area contributed by atoms with E-state index in [1.165, 1.54) is 11.1 Å². The van der Waals surface area contributed by atoms with E-state index in [4.69, 9.17) is 0 Å². The molecule has 1 aliphatic rings. The van der Waals surface area contributed by atoms with Gasteiger partial charge in [-0.05, 0) is 28.6 Å². The summed E-state index contributed by atoms with van der Waals surface area (Å²) >= 11 is 0. The molecule has 0 aromatic heterocycles. The first-order chi connectivity index (χ1) is 5.73. The molecule has 13 heavy (non-hydrogen) atoms. The fourth-order valence-corrected chi connectivity index (χ4v) is 1.61. The SMILES string of the molecule is CC(C)(C)C1=C=CC=C1C(C)(C)C. The molecule has 0 heteroatoms. The molecular formula is C13H20. The predicted molar refractivity (Wildman–Crippen MR) is 58.6 cm³/mol. The van der Waals surface area contributed by atoms with Crippen LogP contribution in [0.15, 0.2) is 29.0 Å². The lowest BCUT2D eigenvalue weighted by Crippen LogP contribution is -2.18. The van der Waals surface area contributed by atoms with Gasteiger partial charge in [-0.15, -0.1) is 5.73 Å². The summed E-state index contributed by atoms with van der Waals surface area (Å²) in [6, 6.07) is 0. The van der Waals surface area contributed by atoms with Gasteiger partial charge < -0.3 is 0 Å². The molecule has 0 atom stereocenters.